The summed E-state index contributed by atoms with van der Waals surface area (Å²) in [5.74, 6) is -0.111. The van der Waals surface area contributed by atoms with E-state index in [1.807, 2.05) is 25.2 Å². The third kappa shape index (κ3) is 18.6. The highest BCUT2D eigenvalue weighted by Gasteiger charge is 1.98. The van der Waals surface area contributed by atoms with E-state index in [-0.39, 0.29) is 5.97 Å². The monoisotopic (exact) mass is 348 g/mol. The summed E-state index contributed by atoms with van der Waals surface area (Å²) in [4.78, 5) is 11.1. The maximum absolute atomic E-state index is 11.1. The first-order valence-electron chi connectivity index (χ1n) is 9.67. The minimum absolute atomic E-state index is 0.111. The molecule has 0 aromatic heterocycles. The van der Waals surface area contributed by atoms with Gasteiger partial charge in [0.1, 0.15) is 0 Å². The molecule has 1 N–H and O–H groups in total. The average molecular weight is 349 g/mol. The number of aliphatic hydroxyl groups excluding tert-OH is 1. The third-order valence-corrected chi connectivity index (χ3v) is 3.58. The highest BCUT2D eigenvalue weighted by Crippen LogP contribution is 2.02. The van der Waals surface area contributed by atoms with Gasteiger partial charge in [0.15, 0.2) is 0 Å². The van der Waals surface area contributed by atoms with E-state index in [2.05, 4.69) is 37.3 Å². The Kier molecular flexibility index (Phi) is 17.5. The van der Waals surface area contributed by atoms with E-state index in [1.165, 1.54) is 19.3 Å². The van der Waals surface area contributed by atoms with E-state index in [1.54, 1.807) is 0 Å². The molecule has 3 heteroatoms. The first kappa shape index (κ1) is 23.4. The Morgan fingerprint density at radius 3 is 2.24 bits per heavy atom. The Hall–Kier alpha value is -1.61. The zero-order valence-electron chi connectivity index (χ0n) is 16.0. The van der Waals surface area contributed by atoms with E-state index >= 15 is 0 Å². The number of hydrogen-bond donors (Lipinski definition) is 1. The van der Waals surface area contributed by atoms with E-state index in [9.17, 15) is 9.90 Å². The van der Waals surface area contributed by atoms with Crippen molar-refractivity contribution in [3.8, 4) is 0 Å². The number of aliphatic hydroxyl groups is 1. The van der Waals surface area contributed by atoms with Crippen LogP contribution in [-0.4, -0.2) is 23.8 Å². The van der Waals surface area contributed by atoms with E-state index < -0.39 is 6.10 Å². The largest absolute Gasteiger partial charge is 0.466 e. The SMILES string of the molecule is CCCCC/C=C\C(O)/C=C\C/C=C\C/C=C\CCCC(=O)OCC. The second-order valence-corrected chi connectivity index (χ2v) is 5.95. The lowest BCUT2D eigenvalue weighted by Gasteiger charge is -1.98. The molecule has 0 aliphatic carbocycles. The van der Waals surface area contributed by atoms with Gasteiger partial charge in [-0.1, -0.05) is 68.4 Å². The lowest BCUT2D eigenvalue weighted by molar-refractivity contribution is -0.143. The van der Waals surface area contributed by atoms with Crippen molar-refractivity contribution in [2.24, 2.45) is 0 Å². The number of unbranched alkanes of at least 4 members (excludes halogenated alkanes) is 4. The molecule has 0 aliphatic rings. The Morgan fingerprint density at radius 2 is 1.52 bits per heavy atom. The van der Waals surface area contributed by atoms with E-state index in [0.29, 0.717) is 13.0 Å². The van der Waals surface area contributed by atoms with Crippen LogP contribution in [0.25, 0.3) is 0 Å². The highest BCUT2D eigenvalue weighted by molar-refractivity contribution is 5.69. The van der Waals surface area contributed by atoms with Gasteiger partial charge in [-0.05, 0) is 45.4 Å². The molecule has 25 heavy (non-hydrogen) atoms. The summed E-state index contributed by atoms with van der Waals surface area (Å²) in [6.45, 7) is 4.47. The van der Waals surface area contributed by atoms with Crippen LogP contribution in [-0.2, 0) is 9.53 Å². The molecule has 0 heterocycles. The lowest BCUT2D eigenvalue weighted by Crippen LogP contribution is -2.02. The van der Waals surface area contributed by atoms with Crippen LogP contribution in [0.5, 0.6) is 0 Å². The molecule has 0 rings (SSSR count). The van der Waals surface area contributed by atoms with E-state index in [4.69, 9.17) is 4.74 Å². The van der Waals surface area contributed by atoms with Gasteiger partial charge in [0.25, 0.3) is 0 Å². The molecule has 0 bridgehead atoms. The first-order chi connectivity index (χ1) is 12.2. The minimum Gasteiger partial charge on any atom is -0.466 e. The average Bonchev–Trinajstić information content (AvgIpc) is 2.59. The smallest absolute Gasteiger partial charge is 0.305 e. The zero-order valence-corrected chi connectivity index (χ0v) is 16.0. The molecule has 0 aromatic rings. The van der Waals surface area contributed by atoms with Crippen molar-refractivity contribution in [2.75, 3.05) is 6.61 Å². The minimum atomic E-state index is -0.477. The zero-order chi connectivity index (χ0) is 18.6. The standard InChI is InChI=1S/C22H36O3/c1-3-5-6-12-15-18-21(23)19-16-13-10-8-7-9-11-14-17-20-22(24)25-4-2/h8-11,15-16,18-19,21,23H,3-7,12-14,17,20H2,1-2H3/b10-8-,11-9-,18-15-,19-16-. The van der Waals surface area contributed by atoms with Gasteiger partial charge in [-0.3, -0.25) is 4.79 Å². The van der Waals surface area contributed by atoms with Crippen LogP contribution in [0.1, 0.15) is 71.6 Å². The second-order valence-electron chi connectivity index (χ2n) is 5.95. The molecule has 0 radical (unpaired) electrons. The fraction of sp³-hybridized carbons (Fsp3) is 0.591. The predicted molar refractivity (Wildman–Crippen MR) is 106 cm³/mol. The molecular formula is C22H36O3. The number of ether oxygens (including phenoxy) is 1. The summed E-state index contributed by atoms with van der Waals surface area (Å²) >= 11 is 0. The van der Waals surface area contributed by atoms with Gasteiger partial charge >= 0.3 is 5.97 Å². The molecular weight excluding hydrogens is 312 g/mol. The summed E-state index contributed by atoms with van der Waals surface area (Å²) in [6.07, 6.45) is 24.4. The van der Waals surface area contributed by atoms with Gasteiger partial charge in [-0.15, -0.1) is 0 Å². The Morgan fingerprint density at radius 1 is 0.880 bits per heavy atom. The summed E-state index contributed by atoms with van der Waals surface area (Å²) < 4.78 is 4.88. The molecule has 0 saturated heterocycles. The summed E-state index contributed by atoms with van der Waals surface area (Å²) in [7, 11) is 0. The molecule has 0 aliphatic heterocycles. The summed E-state index contributed by atoms with van der Waals surface area (Å²) in [6, 6.07) is 0. The number of allylic oxidation sites excluding steroid dienone is 6. The maximum Gasteiger partial charge on any atom is 0.305 e. The quantitative estimate of drug-likeness (QED) is 0.236. The predicted octanol–water partition coefficient (Wildman–Crippen LogP) is 5.67. The maximum atomic E-state index is 11.1. The number of carbonyl (C=O) groups is 1. The topological polar surface area (TPSA) is 46.5 Å². The van der Waals surface area contributed by atoms with Gasteiger partial charge in [0, 0.05) is 6.42 Å². The van der Waals surface area contributed by atoms with Crippen molar-refractivity contribution in [3.63, 3.8) is 0 Å². The van der Waals surface area contributed by atoms with Crippen LogP contribution < -0.4 is 0 Å². The van der Waals surface area contributed by atoms with Gasteiger partial charge in [0.05, 0.1) is 12.7 Å². The summed E-state index contributed by atoms with van der Waals surface area (Å²) in [5, 5.41) is 9.76. The van der Waals surface area contributed by atoms with Crippen molar-refractivity contribution < 1.29 is 14.6 Å². The molecule has 0 saturated carbocycles. The van der Waals surface area contributed by atoms with Crippen LogP contribution in [0.3, 0.4) is 0 Å². The Bertz CT molecular complexity index is 419. The van der Waals surface area contributed by atoms with Crippen molar-refractivity contribution >= 4 is 5.97 Å². The fourth-order valence-electron chi connectivity index (χ4n) is 2.19. The first-order valence-corrected chi connectivity index (χ1v) is 9.67. The van der Waals surface area contributed by atoms with Crippen molar-refractivity contribution in [3.05, 3.63) is 48.6 Å². The fourth-order valence-corrected chi connectivity index (χ4v) is 2.19. The van der Waals surface area contributed by atoms with Crippen molar-refractivity contribution in [1.29, 1.82) is 0 Å². The second kappa shape index (κ2) is 18.7. The van der Waals surface area contributed by atoms with Crippen LogP contribution in [0.4, 0.5) is 0 Å². The normalized spacial score (nSPS) is 13.6. The number of rotatable bonds is 15. The molecule has 0 spiro atoms. The van der Waals surface area contributed by atoms with Gasteiger partial charge < -0.3 is 9.84 Å². The lowest BCUT2D eigenvalue weighted by atomic mass is 10.2. The number of hydrogen-bond acceptors (Lipinski definition) is 3. The highest BCUT2D eigenvalue weighted by atomic mass is 16.5. The van der Waals surface area contributed by atoms with Crippen LogP contribution in [0.15, 0.2) is 48.6 Å². The van der Waals surface area contributed by atoms with Gasteiger partial charge in [-0.25, -0.2) is 0 Å². The van der Waals surface area contributed by atoms with Crippen LogP contribution >= 0.6 is 0 Å². The molecule has 3 nitrogen and oxygen atoms in total. The molecule has 0 aromatic carbocycles. The Labute approximate surface area is 154 Å². The summed E-state index contributed by atoms with van der Waals surface area (Å²) in [5.41, 5.74) is 0. The van der Waals surface area contributed by atoms with Crippen molar-refractivity contribution in [2.45, 2.75) is 77.7 Å². The van der Waals surface area contributed by atoms with E-state index in [0.717, 1.165) is 32.1 Å². The molecule has 142 valence electrons. The van der Waals surface area contributed by atoms with Gasteiger partial charge in [-0.2, -0.15) is 0 Å². The number of carbonyl (C=O) groups excluding carboxylic acids is 1. The number of esters is 1. The van der Waals surface area contributed by atoms with Crippen LogP contribution in [0.2, 0.25) is 0 Å². The van der Waals surface area contributed by atoms with Crippen LogP contribution in [0, 0.1) is 0 Å². The molecule has 1 atom stereocenters. The van der Waals surface area contributed by atoms with Crippen molar-refractivity contribution in [1.82, 2.24) is 0 Å². The molecule has 0 fully saturated rings. The Balaban J connectivity index is 3.61. The molecule has 0 amide bonds. The molecule has 1 unspecified atom stereocenters. The van der Waals surface area contributed by atoms with Gasteiger partial charge in [0.2, 0.25) is 0 Å². The third-order valence-electron chi connectivity index (χ3n) is 3.58.